The maximum absolute atomic E-state index is 13.4. The van der Waals surface area contributed by atoms with Gasteiger partial charge in [-0.3, -0.25) is 14.3 Å². The van der Waals surface area contributed by atoms with Gasteiger partial charge in [-0.1, -0.05) is 12.1 Å². The Hall–Kier alpha value is -2.94. The molecule has 1 N–H and O–H groups in total. The standard InChI is InChI=1S/C22H24FN3O4S/c1-15-14-17(23)8-9-20(15)31(29,30)24-19-5-3-2-4-18(19)22(28)26-12-10-25(11-13-26)21(27)16-6-7-16/h2-5,8-9,14,16,24H,6-7,10-13H2,1H3. The maximum atomic E-state index is 13.4. The van der Waals surface area contributed by atoms with Gasteiger partial charge < -0.3 is 9.80 Å². The Kier molecular flexibility index (Phi) is 5.70. The van der Waals surface area contributed by atoms with Crippen LogP contribution < -0.4 is 4.72 Å². The molecule has 1 aliphatic heterocycles. The van der Waals surface area contributed by atoms with Crippen LogP contribution in [0.2, 0.25) is 0 Å². The zero-order valence-corrected chi connectivity index (χ0v) is 18.0. The Balaban J connectivity index is 1.50. The number of sulfonamides is 1. The molecule has 0 unspecified atom stereocenters. The fourth-order valence-corrected chi connectivity index (χ4v) is 5.07. The second-order valence-electron chi connectivity index (χ2n) is 7.95. The molecule has 9 heteroatoms. The largest absolute Gasteiger partial charge is 0.339 e. The third-order valence-corrected chi connectivity index (χ3v) is 7.16. The van der Waals surface area contributed by atoms with Crippen LogP contribution in [0, 0.1) is 18.7 Å². The van der Waals surface area contributed by atoms with Gasteiger partial charge in [-0.15, -0.1) is 0 Å². The summed E-state index contributed by atoms with van der Waals surface area (Å²) in [6.07, 6.45) is 1.89. The van der Waals surface area contributed by atoms with Crippen molar-refractivity contribution in [3.63, 3.8) is 0 Å². The van der Waals surface area contributed by atoms with E-state index < -0.39 is 15.8 Å². The molecule has 4 rings (SSSR count). The van der Waals surface area contributed by atoms with E-state index >= 15 is 0 Å². The number of piperazine rings is 1. The monoisotopic (exact) mass is 445 g/mol. The predicted octanol–water partition coefficient (Wildman–Crippen LogP) is 2.63. The van der Waals surface area contributed by atoms with Gasteiger partial charge in [-0.05, 0) is 55.7 Å². The Morgan fingerprint density at radius 3 is 2.29 bits per heavy atom. The van der Waals surface area contributed by atoms with E-state index in [4.69, 9.17) is 0 Å². The van der Waals surface area contributed by atoms with E-state index in [-0.39, 0.29) is 39.4 Å². The van der Waals surface area contributed by atoms with Gasteiger partial charge in [0, 0.05) is 32.1 Å². The van der Waals surface area contributed by atoms with Crippen LogP contribution in [-0.4, -0.2) is 56.2 Å². The van der Waals surface area contributed by atoms with Crippen molar-refractivity contribution >= 4 is 27.5 Å². The van der Waals surface area contributed by atoms with Crippen LogP contribution in [0.25, 0.3) is 0 Å². The van der Waals surface area contributed by atoms with Crippen LogP contribution >= 0.6 is 0 Å². The normalized spacial score (nSPS) is 16.8. The topological polar surface area (TPSA) is 86.8 Å². The minimum absolute atomic E-state index is 0.0524. The Morgan fingerprint density at radius 2 is 1.65 bits per heavy atom. The van der Waals surface area contributed by atoms with Crippen molar-refractivity contribution < 1.29 is 22.4 Å². The second-order valence-corrected chi connectivity index (χ2v) is 9.60. The van der Waals surface area contributed by atoms with E-state index in [1.807, 2.05) is 0 Å². The molecule has 0 spiro atoms. The van der Waals surface area contributed by atoms with Crippen LogP contribution in [0.5, 0.6) is 0 Å². The summed E-state index contributed by atoms with van der Waals surface area (Å²) in [5.74, 6) is -0.513. The highest BCUT2D eigenvalue weighted by Crippen LogP contribution is 2.31. The molecule has 1 saturated heterocycles. The molecule has 2 aromatic carbocycles. The number of aryl methyl sites for hydroxylation is 1. The van der Waals surface area contributed by atoms with Crippen LogP contribution in [0.15, 0.2) is 47.4 Å². The maximum Gasteiger partial charge on any atom is 0.262 e. The highest BCUT2D eigenvalue weighted by Gasteiger charge is 2.35. The van der Waals surface area contributed by atoms with Gasteiger partial charge in [0.25, 0.3) is 15.9 Å². The molecule has 2 aromatic rings. The predicted molar refractivity (Wildman–Crippen MR) is 114 cm³/mol. The molecule has 7 nitrogen and oxygen atoms in total. The summed E-state index contributed by atoms with van der Waals surface area (Å²) in [5, 5.41) is 0. The average molecular weight is 446 g/mol. The molecule has 2 amide bonds. The van der Waals surface area contributed by atoms with Crippen molar-refractivity contribution in [3.05, 3.63) is 59.4 Å². The molecular weight excluding hydrogens is 421 g/mol. The van der Waals surface area contributed by atoms with Crippen molar-refractivity contribution in [3.8, 4) is 0 Å². The molecule has 2 aliphatic rings. The number of nitrogens with zero attached hydrogens (tertiary/aromatic N) is 2. The van der Waals surface area contributed by atoms with Gasteiger partial charge in [-0.25, -0.2) is 12.8 Å². The van der Waals surface area contributed by atoms with Crippen LogP contribution in [0.3, 0.4) is 0 Å². The molecule has 0 radical (unpaired) electrons. The van der Waals surface area contributed by atoms with Crippen molar-refractivity contribution in [1.82, 2.24) is 9.80 Å². The number of halogens is 1. The minimum Gasteiger partial charge on any atom is -0.339 e. The summed E-state index contributed by atoms with van der Waals surface area (Å²) < 4.78 is 41.6. The minimum atomic E-state index is -4.01. The zero-order chi connectivity index (χ0) is 22.2. The first-order valence-corrected chi connectivity index (χ1v) is 11.7. The van der Waals surface area contributed by atoms with Crippen molar-refractivity contribution in [1.29, 1.82) is 0 Å². The lowest BCUT2D eigenvalue weighted by atomic mass is 10.1. The van der Waals surface area contributed by atoms with Gasteiger partial charge >= 0.3 is 0 Å². The first kappa shape index (κ1) is 21.3. The summed E-state index contributed by atoms with van der Waals surface area (Å²) in [6, 6.07) is 9.83. The number of carbonyl (C=O) groups excluding carboxylic acids is 2. The van der Waals surface area contributed by atoms with Crippen molar-refractivity contribution in [2.45, 2.75) is 24.7 Å². The SMILES string of the molecule is Cc1cc(F)ccc1S(=O)(=O)Nc1ccccc1C(=O)N1CCN(C(=O)C2CC2)CC1. The molecule has 0 aromatic heterocycles. The van der Waals surface area contributed by atoms with Crippen LogP contribution in [-0.2, 0) is 14.8 Å². The number of nitrogens with one attached hydrogen (secondary N) is 1. The summed E-state index contributed by atoms with van der Waals surface area (Å²) in [5.41, 5.74) is 0.660. The Bertz CT molecular complexity index is 1120. The van der Waals surface area contributed by atoms with E-state index in [0.717, 1.165) is 25.0 Å². The fourth-order valence-electron chi connectivity index (χ4n) is 3.76. The average Bonchev–Trinajstić information content (AvgIpc) is 3.58. The first-order chi connectivity index (χ1) is 14.8. The smallest absolute Gasteiger partial charge is 0.262 e. The highest BCUT2D eigenvalue weighted by atomic mass is 32.2. The summed E-state index contributed by atoms with van der Waals surface area (Å²) in [4.78, 5) is 28.7. The first-order valence-electron chi connectivity index (χ1n) is 10.2. The van der Waals surface area contributed by atoms with E-state index in [1.54, 1.807) is 28.0 Å². The molecule has 31 heavy (non-hydrogen) atoms. The highest BCUT2D eigenvalue weighted by molar-refractivity contribution is 7.92. The van der Waals surface area contributed by atoms with E-state index in [9.17, 15) is 22.4 Å². The number of anilines is 1. The van der Waals surface area contributed by atoms with Crippen molar-refractivity contribution in [2.75, 3.05) is 30.9 Å². The number of rotatable bonds is 5. The van der Waals surface area contributed by atoms with Gasteiger partial charge in [0.05, 0.1) is 16.1 Å². The molecule has 164 valence electrons. The van der Waals surface area contributed by atoms with Gasteiger partial charge in [-0.2, -0.15) is 0 Å². The van der Waals surface area contributed by atoms with E-state index in [1.165, 1.54) is 19.1 Å². The third-order valence-electron chi connectivity index (χ3n) is 5.63. The van der Waals surface area contributed by atoms with E-state index in [0.29, 0.717) is 26.2 Å². The fraction of sp³-hybridized carbons (Fsp3) is 0.364. The lowest BCUT2D eigenvalue weighted by Crippen LogP contribution is -2.51. The lowest BCUT2D eigenvalue weighted by molar-refractivity contribution is -0.134. The van der Waals surface area contributed by atoms with Crippen molar-refractivity contribution in [2.24, 2.45) is 5.92 Å². The number of amides is 2. The number of carbonyl (C=O) groups is 2. The number of para-hydroxylation sites is 1. The molecule has 1 saturated carbocycles. The molecule has 0 atom stereocenters. The molecule has 2 fully saturated rings. The molecule has 1 heterocycles. The Labute approximate surface area is 180 Å². The van der Waals surface area contributed by atoms with Gasteiger partial charge in [0.15, 0.2) is 0 Å². The van der Waals surface area contributed by atoms with Gasteiger partial charge in [0.2, 0.25) is 5.91 Å². The van der Waals surface area contributed by atoms with Crippen LogP contribution in [0.1, 0.15) is 28.8 Å². The quantitative estimate of drug-likeness (QED) is 0.767. The van der Waals surface area contributed by atoms with Crippen LogP contribution in [0.4, 0.5) is 10.1 Å². The summed E-state index contributed by atoms with van der Waals surface area (Å²) >= 11 is 0. The number of benzene rings is 2. The van der Waals surface area contributed by atoms with E-state index in [2.05, 4.69) is 4.72 Å². The second kappa shape index (κ2) is 8.30. The number of hydrogen-bond donors (Lipinski definition) is 1. The molecule has 0 bridgehead atoms. The van der Waals surface area contributed by atoms with Gasteiger partial charge in [0.1, 0.15) is 5.82 Å². The third kappa shape index (κ3) is 4.56. The molecule has 1 aliphatic carbocycles. The lowest BCUT2D eigenvalue weighted by Gasteiger charge is -2.35. The zero-order valence-electron chi connectivity index (χ0n) is 17.2. The summed E-state index contributed by atoms with van der Waals surface area (Å²) in [7, 11) is -4.01. The summed E-state index contributed by atoms with van der Waals surface area (Å²) in [6.45, 7) is 3.26. The Morgan fingerprint density at radius 1 is 1.00 bits per heavy atom. The molecular formula is C22H24FN3O4S. The number of hydrogen-bond acceptors (Lipinski definition) is 4.